The molecule has 3 nitrogen and oxygen atoms in total. The summed E-state index contributed by atoms with van der Waals surface area (Å²) in [6.45, 7) is 8.18. The van der Waals surface area contributed by atoms with Crippen molar-refractivity contribution in [3.05, 3.63) is 29.8 Å². The maximum atomic E-state index is 11.2. The summed E-state index contributed by atoms with van der Waals surface area (Å²) in [4.78, 5) is 13.3. The summed E-state index contributed by atoms with van der Waals surface area (Å²) >= 11 is 0. The van der Waals surface area contributed by atoms with Crippen molar-refractivity contribution in [2.24, 2.45) is 0 Å². The molecule has 16 heavy (non-hydrogen) atoms. The minimum atomic E-state index is 0.108. The number of piperazine rings is 1. The average Bonchev–Trinajstić information content (AvgIpc) is 2.32. The highest BCUT2D eigenvalue weighted by Crippen LogP contribution is 2.15. The minimum absolute atomic E-state index is 0.108. The van der Waals surface area contributed by atoms with Gasteiger partial charge in [-0.05, 0) is 19.1 Å². The number of carbonyl (C=O) groups is 1. The molecular formula is C13H20N2O. The first kappa shape index (κ1) is 12.6. The van der Waals surface area contributed by atoms with Gasteiger partial charge in [0.1, 0.15) is 0 Å². The van der Waals surface area contributed by atoms with Crippen LogP contribution in [0.4, 0.5) is 5.69 Å². The summed E-state index contributed by atoms with van der Waals surface area (Å²) < 4.78 is 0. The molecule has 1 aromatic carbocycles. The van der Waals surface area contributed by atoms with Gasteiger partial charge in [0, 0.05) is 18.8 Å². The number of benzene rings is 1. The first-order valence-electron chi connectivity index (χ1n) is 5.84. The maximum absolute atomic E-state index is 11.2. The zero-order valence-electron chi connectivity index (χ0n) is 10.3. The predicted octanol–water partition coefficient (Wildman–Crippen LogP) is 1.96. The van der Waals surface area contributed by atoms with Crippen LogP contribution in [0.25, 0.3) is 0 Å². The lowest BCUT2D eigenvalue weighted by atomic mass is 10.2. The second-order valence-corrected chi connectivity index (χ2v) is 3.61. The molecule has 1 saturated heterocycles. The highest BCUT2D eigenvalue weighted by Gasteiger charge is 2.15. The lowest BCUT2D eigenvalue weighted by molar-refractivity contribution is -0.120. The average molecular weight is 220 g/mol. The summed E-state index contributed by atoms with van der Waals surface area (Å²) in [5.74, 6) is 0.108. The fraction of sp³-hybridized carbons (Fsp3) is 0.462. The summed E-state index contributed by atoms with van der Waals surface area (Å²) in [6, 6.07) is 8.27. The van der Waals surface area contributed by atoms with E-state index in [1.807, 2.05) is 13.8 Å². The van der Waals surface area contributed by atoms with Crippen LogP contribution < -0.4 is 10.2 Å². The zero-order valence-corrected chi connectivity index (χ0v) is 10.3. The van der Waals surface area contributed by atoms with Gasteiger partial charge in [0.05, 0.1) is 6.54 Å². The highest BCUT2D eigenvalue weighted by atomic mass is 16.2. The number of nitrogens with one attached hydrogen (secondary N) is 1. The number of nitrogens with zero attached hydrogens (tertiary/aromatic N) is 1. The standard InChI is InChI=1S/C11H14N2O.C2H6/c1-9-2-4-10(5-3-9)13-7-6-12-11(14)8-13;1-2/h2-5H,6-8H2,1H3,(H,12,14);1-2H3. The van der Waals surface area contributed by atoms with Crippen LogP contribution in [-0.4, -0.2) is 25.5 Å². The molecule has 1 amide bonds. The van der Waals surface area contributed by atoms with E-state index in [-0.39, 0.29) is 5.91 Å². The first-order chi connectivity index (χ1) is 7.75. The van der Waals surface area contributed by atoms with Gasteiger partial charge < -0.3 is 10.2 Å². The number of hydrogen-bond acceptors (Lipinski definition) is 2. The SMILES string of the molecule is CC.Cc1ccc(N2CCNC(=O)C2)cc1. The third kappa shape index (κ3) is 3.26. The second kappa shape index (κ2) is 6.16. The third-order valence-electron chi connectivity index (χ3n) is 2.44. The van der Waals surface area contributed by atoms with Crippen LogP contribution in [0.15, 0.2) is 24.3 Å². The molecule has 0 aromatic heterocycles. The van der Waals surface area contributed by atoms with Gasteiger partial charge >= 0.3 is 0 Å². The molecule has 0 unspecified atom stereocenters. The van der Waals surface area contributed by atoms with Crippen LogP contribution in [0, 0.1) is 6.92 Å². The van der Waals surface area contributed by atoms with Crippen molar-refractivity contribution < 1.29 is 4.79 Å². The van der Waals surface area contributed by atoms with E-state index in [4.69, 9.17) is 0 Å². The van der Waals surface area contributed by atoms with E-state index < -0.39 is 0 Å². The van der Waals surface area contributed by atoms with Gasteiger partial charge in [-0.25, -0.2) is 0 Å². The smallest absolute Gasteiger partial charge is 0.239 e. The van der Waals surface area contributed by atoms with E-state index in [2.05, 4.69) is 41.4 Å². The van der Waals surface area contributed by atoms with Gasteiger partial charge in [-0.2, -0.15) is 0 Å². The Morgan fingerprint density at radius 2 is 1.81 bits per heavy atom. The molecule has 2 rings (SSSR count). The number of carbonyl (C=O) groups excluding carboxylic acids is 1. The lowest BCUT2D eigenvalue weighted by Gasteiger charge is -2.28. The Morgan fingerprint density at radius 3 is 2.38 bits per heavy atom. The molecule has 1 aromatic rings. The molecule has 3 heteroatoms. The van der Waals surface area contributed by atoms with Gasteiger partial charge in [-0.1, -0.05) is 31.5 Å². The molecule has 1 heterocycles. The number of amides is 1. The Labute approximate surface area is 97.5 Å². The van der Waals surface area contributed by atoms with E-state index in [1.54, 1.807) is 0 Å². The zero-order chi connectivity index (χ0) is 12.0. The molecule has 1 aliphatic heterocycles. The fourth-order valence-corrected chi connectivity index (χ4v) is 1.61. The molecule has 88 valence electrons. The van der Waals surface area contributed by atoms with Crippen molar-refractivity contribution in [1.29, 1.82) is 0 Å². The van der Waals surface area contributed by atoms with Gasteiger partial charge in [0.25, 0.3) is 0 Å². The van der Waals surface area contributed by atoms with Gasteiger partial charge in [-0.3, -0.25) is 4.79 Å². The molecule has 1 fully saturated rings. The predicted molar refractivity (Wildman–Crippen MR) is 67.7 cm³/mol. The molecule has 0 radical (unpaired) electrons. The van der Waals surface area contributed by atoms with Gasteiger partial charge in [-0.15, -0.1) is 0 Å². The molecular weight excluding hydrogens is 200 g/mol. The topological polar surface area (TPSA) is 32.3 Å². The van der Waals surface area contributed by atoms with Crippen LogP contribution in [-0.2, 0) is 4.79 Å². The number of aryl methyl sites for hydroxylation is 1. The van der Waals surface area contributed by atoms with E-state index in [0.29, 0.717) is 6.54 Å². The van der Waals surface area contributed by atoms with Crippen molar-refractivity contribution in [3.8, 4) is 0 Å². The van der Waals surface area contributed by atoms with E-state index >= 15 is 0 Å². The number of anilines is 1. The summed E-state index contributed by atoms with van der Waals surface area (Å²) in [7, 11) is 0. The Balaban J connectivity index is 0.000000606. The quantitative estimate of drug-likeness (QED) is 0.784. The number of rotatable bonds is 1. The Bertz CT molecular complexity index is 332. The second-order valence-electron chi connectivity index (χ2n) is 3.61. The van der Waals surface area contributed by atoms with E-state index in [1.165, 1.54) is 5.56 Å². The van der Waals surface area contributed by atoms with Crippen molar-refractivity contribution >= 4 is 11.6 Å². The summed E-state index contributed by atoms with van der Waals surface area (Å²) in [6.07, 6.45) is 0. The lowest BCUT2D eigenvalue weighted by Crippen LogP contribution is -2.47. The molecule has 1 aliphatic rings. The highest BCUT2D eigenvalue weighted by molar-refractivity contribution is 5.82. The normalized spacial score (nSPS) is 14.9. The maximum Gasteiger partial charge on any atom is 0.239 e. The summed E-state index contributed by atoms with van der Waals surface area (Å²) in [5.41, 5.74) is 2.38. The van der Waals surface area contributed by atoms with Crippen LogP contribution in [0.2, 0.25) is 0 Å². The molecule has 0 bridgehead atoms. The molecule has 0 spiro atoms. The van der Waals surface area contributed by atoms with Crippen molar-refractivity contribution in [2.75, 3.05) is 24.5 Å². The first-order valence-corrected chi connectivity index (χ1v) is 5.84. The third-order valence-corrected chi connectivity index (χ3v) is 2.44. The van der Waals surface area contributed by atoms with E-state index in [9.17, 15) is 4.79 Å². The van der Waals surface area contributed by atoms with Crippen LogP contribution in [0.5, 0.6) is 0 Å². The Morgan fingerprint density at radius 1 is 1.19 bits per heavy atom. The van der Waals surface area contributed by atoms with Crippen LogP contribution in [0.3, 0.4) is 0 Å². The van der Waals surface area contributed by atoms with Crippen molar-refractivity contribution in [1.82, 2.24) is 5.32 Å². The fourth-order valence-electron chi connectivity index (χ4n) is 1.61. The van der Waals surface area contributed by atoms with Gasteiger partial charge in [0.15, 0.2) is 0 Å². The molecule has 1 N–H and O–H groups in total. The Hall–Kier alpha value is -1.51. The van der Waals surface area contributed by atoms with Crippen molar-refractivity contribution in [2.45, 2.75) is 20.8 Å². The van der Waals surface area contributed by atoms with Crippen LogP contribution in [0.1, 0.15) is 19.4 Å². The summed E-state index contributed by atoms with van der Waals surface area (Å²) in [5, 5.41) is 2.81. The minimum Gasteiger partial charge on any atom is -0.360 e. The molecule has 0 saturated carbocycles. The largest absolute Gasteiger partial charge is 0.360 e. The van der Waals surface area contributed by atoms with Gasteiger partial charge in [0.2, 0.25) is 5.91 Å². The molecule has 0 aliphatic carbocycles. The Kier molecular flexibility index (Phi) is 4.83. The van der Waals surface area contributed by atoms with Crippen LogP contribution >= 0.6 is 0 Å². The van der Waals surface area contributed by atoms with Crippen molar-refractivity contribution in [3.63, 3.8) is 0 Å². The number of hydrogen-bond donors (Lipinski definition) is 1. The van der Waals surface area contributed by atoms with E-state index in [0.717, 1.165) is 18.8 Å². The monoisotopic (exact) mass is 220 g/mol. The molecule has 0 atom stereocenters.